The molecule has 0 unspecified atom stereocenters. The molecule has 154 valence electrons. The molecule has 1 saturated heterocycles. The maximum atomic E-state index is 13.0. The van der Waals surface area contributed by atoms with Gasteiger partial charge < -0.3 is 10.4 Å². The first-order valence-electron chi connectivity index (χ1n) is 9.09. The molecule has 0 saturated carbocycles. The van der Waals surface area contributed by atoms with E-state index in [9.17, 15) is 18.0 Å². The zero-order chi connectivity index (χ0) is 21.2. The van der Waals surface area contributed by atoms with Crippen LogP contribution in [-0.4, -0.2) is 42.8 Å². The lowest BCUT2D eigenvalue weighted by atomic mass is 9.98. The first-order chi connectivity index (χ1) is 13.7. The zero-order valence-corrected chi connectivity index (χ0v) is 17.3. The number of piperidine rings is 1. The molecule has 1 aliphatic heterocycles. The predicted octanol–water partition coefficient (Wildman–Crippen LogP) is 3.39. The highest BCUT2D eigenvalue weighted by Crippen LogP contribution is 2.27. The van der Waals surface area contributed by atoms with Gasteiger partial charge in [0.25, 0.3) is 0 Å². The molecule has 29 heavy (non-hydrogen) atoms. The summed E-state index contributed by atoms with van der Waals surface area (Å²) in [5.41, 5.74) is 1.26. The number of carboxylic acids is 1. The Labute approximate surface area is 174 Å². The van der Waals surface area contributed by atoms with E-state index in [-0.39, 0.29) is 22.9 Å². The molecular weight excluding hydrogens is 416 g/mol. The van der Waals surface area contributed by atoms with Gasteiger partial charge in [-0.05, 0) is 67.8 Å². The van der Waals surface area contributed by atoms with Crippen molar-refractivity contribution in [2.45, 2.75) is 24.7 Å². The molecule has 2 aromatic rings. The Kier molecular flexibility index (Phi) is 6.26. The van der Waals surface area contributed by atoms with Gasteiger partial charge in [0.1, 0.15) is 0 Å². The monoisotopic (exact) mass is 436 g/mol. The molecule has 0 bridgehead atoms. The summed E-state index contributed by atoms with van der Waals surface area (Å²) in [6.07, 6.45) is 1.15. The van der Waals surface area contributed by atoms with Gasteiger partial charge in [0.05, 0.1) is 16.4 Å². The predicted molar refractivity (Wildman–Crippen MR) is 110 cm³/mol. The quantitative estimate of drug-likeness (QED) is 0.747. The second kappa shape index (κ2) is 8.52. The average molecular weight is 437 g/mol. The summed E-state index contributed by atoms with van der Waals surface area (Å²) in [7, 11) is -3.73. The third-order valence-corrected chi connectivity index (χ3v) is 7.21. The number of amides is 1. The van der Waals surface area contributed by atoms with Crippen molar-refractivity contribution in [2.24, 2.45) is 5.92 Å². The molecule has 1 aliphatic rings. The van der Waals surface area contributed by atoms with E-state index in [1.165, 1.54) is 40.7 Å². The molecule has 1 heterocycles. The van der Waals surface area contributed by atoms with Gasteiger partial charge in [-0.1, -0.05) is 11.6 Å². The Morgan fingerprint density at radius 3 is 2.48 bits per heavy atom. The minimum atomic E-state index is -3.73. The average Bonchev–Trinajstić information content (AvgIpc) is 2.70. The third-order valence-electron chi connectivity index (χ3n) is 4.92. The first kappa shape index (κ1) is 21.3. The fourth-order valence-corrected chi connectivity index (χ4v) is 4.97. The number of hydrogen-bond donors (Lipinski definition) is 2. The van der Waals surface area contributed by atoms with E-state index in [0.29, 0.717) is 35.7 Å². The van der Waals surface area contributed by atoms with E-state index < -0.39 is 21.9 Å². The van der Waals surface area contributed by atoms with Gasteiger partial charge in [0, 0.05) is 23.8 Å². The molecule has 0 radical (unpaired) electrons. The summed E-state index contributed by atoms with van der Waals surface area (Å²) in [5.74, 6) is -1.83. The number of aryl methyl sites for hydroxylation is 1. The number of carboxylic acid groups (broad SMARTS) is 1. The highest BCUT2D eigenvalue weighted by molar-refractivity contribution is 7.89. The zero-order valence-electron chi connectivity index (χ0n) is 15.8. The summed E-state index contributed by atoms with van der Waals surface area (Å²) >= 11 is 5.99. The van der Waals surface area contributed by atoms with Crippen molar-refractivity contribution in [2.75, 3.05) is 18.4 Å². The molecule has 2 aromatic carbocycles. The fourth-order valence-electron chi connectivity index (χ4n) is 3.24. The fraction of sp³-hybridized carbons (Fsp3) is 0.300. The van der Waals surface area contributed by atoms with Gasteiger partial charge in [-0.2, -0.15) is 4.31 Å². The van der Waals surface area contributed by atoms with E-state index in [4.69, 9.17) is 16.7 Å². The van der Waals surface area contributed by atoms with E-state index >= 15 is 0 Å². The number of carbonyl (C=O) groups excluding carboxylic acids is 1. The normalized spacial score (nSPS) is 17.7. The third kappa shape index (κ3) is 4.77. The number of nitrogens with one attached hydrogen (secondary N) is 1. The van der Waals surface area contributed by atoms with Crippen LogP contribution in [0.25, 0.3) is 0 Å². The molecule has 0 spiro atoms. The van der Waals surface area contributed by atoms with Gasteiger partial charge in [-0.3, -0.25) is 4.79 Å². The number of anilines is 1. The van der Waals surface area contributed by atoms with Crippen molar-refractivity contribution in [1.82, 2.24) is 4.31 Å². The smallest absolute Gasteiger partial charge is 0.335 e. The van der Waals surface area contributed by atoms with Crippen molar-refractivity contribution >= 4 is 39.2 Å². The minimum Gasteiger partial charge on any atom is -0.478 e. The van der Waals surface area contributed by atoms with Crippen LogP contribution in [0.1, 0.15) is 28.8 Å². The van der Waals surface area contributed by atoms with Crippen molar-refractivity contribution in [3.8, 4) is 0 Å². The van der Waals surface area contributed by atoms with Crippen molar-refractivity contribution in [1.29, 1.82) is 0 Å². The number of nitrogens with zero attached hydrogens (tertiary/aromatic N) is 1. The summed E-state index contributed by atoms with van der Waals surface area (Å²) in [6.45, 7) is 2.17. The maximum absolute atomic E-state index is 13.0. The lowest BCUT2D eigenvalue weighted by Gasteiger charge is -2.31. The van der Waals surface area contributed by atoms with E-state index in [1.54, 1.807) is 13.0 Å². The molecule has 0 aromatic heterocycles. The van der Waals surface area contributed by atoms with E-state index in [0.717, 1.165) is 0 Å². The number of carbonyl (C=O) groups is 2. The second-order valence-corrected chi connectivity index (χ2v) is 9.33. The van der Waals surface area contributed by atoms with Crippen LogP contribution in [0.5, 0.6) is 0 Å². The maximum Gasteiger partial charge on any atom is 0.335 e. The molecule has 1 fully saturated rings. The molecule has 7 nitrogen and oxygen atoms in total. The summed E-state index contributed by atoms with van der Waals surface area (Å²) in [4.78, 5) is 23.7. The molecular formula is C20H21ClN2O5S. The molecule has 1 amide bonds. The molecule has 3 rings (SSSR count). The van der Waals surface area contributed by atoms with Crippen LogP contribution in [0.15, 0.2) is 47.4 Å². The van der Waals surface area contributed by atoms with Crippen molar-refractivity contribution in [3.05, 3.63) is 58.6 Å². The molecule has 0 aliphatic carbocycles. The Bertz CT molecular complexity index is 1040. The lowest BCUT2D eigenvalue weighted by molar-refractivity contribution is -0.120. The van der Waals surface area contributed by atoms with Crippen LogP contribution in [0.2, 0.25) is 5.02 Å². The first-order valence-corrected chi connectivity index (χ1v) is 10.9. The van der Waals surface area contributed by atoms with Crippen molar-refractivity contribution in [3.63, 3.8) is 0 Å². The van der Waals surface area contributed by atoms with Crippen LogP contribution >= 0.6 is 11.6 Å². The van der Waals surface area contributed by atoms with Gasteiger partial charge in [-0.15, -0.1) is 0 Å². The number of benzene rings is 2. The van der Waals surface area contributed by atoms with Crippen LogP contribution in [0, 0.1) is 12.8 Å². The van der Waals surface area contributed by atoms with Crippen LogP contribution in [-0.2, 0) is 14.8 Å². The van der Waals surface area contributed by atoms with Gasteiger partial charge in [0.2, 0.25) is 15.9 Å². The topological polar surface area (TPSA) is 104 Å². The number of halogens is 1. The van der Waals surface area contributed by atoms with Crippen LogP contribution in [0.3, 0.4) is 0 Å². The second-order valence-electron chi connectivity index (χ2n) is 6.98. The number of hydrogen-bond acceptors (Lipinski definition) is 4. The molecule has 2 N–H and O–H groups in total. The van der Waals surface area contributed by atoms with Crippen LogP contribution < -0.4 is 5.32 Å². The minimum absolute atomic E-state index is 0.0864. The van der Waals surface area contributed by atoms with Gasteiger partial charge >= 0.3 is 5.97 Å². The van der Waals surface area contributed by atoms with E-state index in [1.807, 2.05) is 0 Å². The standard InChI is InChI=1S/C20H21ClN2O5S/c1-13-11-17(8-9-18(13)21)29(27,28)23-10-2-3-15(12-23)19(24)22-16-6-4-14(5-7-16)20(25)26/h4-9,11,15H,2-3,10,12H2,1H3,(H,22,24)(H,25,26)/t15-/m0/s1. The van der Waals surface area contributed by atoms with E-state index in [2.05, 4.69) is 5.32 Å². The summed E-state index contributed by atoms with van der Waals surface area (Å²) in [6, 6.07) is 10.4. The van der Waals surface area contributed by atoms with Gasteiger partial charge in [-0.25, -0.2) is 13.2 Å². The summed E-state index contributed by atoms with van der Waals surface area (Å²) < 4.78 is 27.3. The van der Waals surface area contributed by atoms with Crippen LogP contribution in [0.4, 0.5) is 5.69 Å². The SMILES string of the molecule is Cc1cc(S(=O)(=O)N2CCC[C@H](C(=O)Nc3ccc(C(=O)O)cc3)C2)ccc1Cl. The number of aromatic carboxylic acids is 1. The highest BCUT2D eigenvalue weighted by atomic mass is 35.5. The Morgan fingerprint density at radius 1 is 1.17 bits per heavy atom. The molecule has 9 heteroatoms. The Hall–Kier alpha value is -2.42. The Balaban J connectivity index is 1.71. The number of sulfonamides is 1. The summed E-state index contributed by atoms with van der Waals surface area (Å²) in [5, 5.41) is 12.2. The number of rotatable bonds is 5. The largest absolute Gasteiger partial charge is 0.478 e. The highest BCUT2D eigenvalue weighted by Gasteiger charge is 2.33. The Morgan fingerprint density at radius 2 is 1.86 bits per heavy atom. The van der Waals surface area contributed by atoms with Crippen molar-refractivity contribution < 1.29 is 23.1 Å². The lowest BCUT2D eigenvalue weighted by Crippen LogP contribution is -2.43. The molecule has 1 atom stereocenters. The van der Waals surface area contributed by atoms with Gasteiger partial charge in [0.15, 0.2) is 0 Å².